The third-order valence-electron chi connectivity index (χ3n) is 6.20. The molecule has 1 aromatic rings. The van der Waals surface area contributed by atoms with Crippen LogP contribution in [0.3, 0.4) is 0 Å². The number of carboxylic acids is 1. The van der Waals surface area contributed by atoms with Crippen molar-refractivity contribution < 1.29 is 34.2 Å². The molecule has 41 heavy (non-hydrogen) atoms. The zero-order valence-electron chi connectivity index (χ0n) is 23.8. The largest absolute Gasteiger partial charge is 0.480 e. The lowest BCUT2D eigenvalue weighted by Crippen LogP contribution is -2.61. The summed E-state index contributed by atoms with van der Waals surface area (Å²) >= 11 is 0. The number of carboxylic acid groups (broad SMARTS) is 1. The number of rotatable bonds is 18. The quantitative estimate of drug-likeness (QED) is 0.0899. The molecule has 0 aliphatic carbocycles. The lowest BCUT2D eigenvalue weighted by Gasteiger charge is -2.27. The van der Waals surface area contributed by atoms with Gasteiger partial charge in [0.05, 0.1) is 12.1 Å². The minimum absolute atomic E-state index is 0.0137. The second-order valence-corrected chi connectivity index (χ2v) is 10.3. The van der Waals surface area contributed by atoms with Gasteiger partial charge < -0.3 is 48.7 Å². The fourth-order valence-corrected chi connectivity index (χ4v) is 3.97. The van der Waals surface area contributed by atoms with Crippen molar-refractivity contribution in [3.05, 3.63) is 35.9 Å². The van der Waals surface area contributed by atoms with Gasteiger partial charge in [-0.2, -0.15) is 0 Å². The fraction of sp³-hybridized carbons (Fsp3) is 0.593. The van der Waals surface area contributed by atoms with Crippen molar-refractivity contribution in [2.75, 3.05) is 13.1 Å². The van der Waals surface area contributed by atoms with Gasteiger partial charge in [-0.1, -0.05) is 44.2 Å². The van der Waals surface area contributed by atoms with Crippen LogP contribution in [-0.4, -0.2) is 89.2 Å². The van der Waals surface area contributed by atoms with E-state index in [1.807, 2.05) is 0 Å². The van der Waals surface area contributed by atoms with E-state index in [1.54, 1.807) is 44.2 Å². The summed E-state index contributed by atoms with van der Waals surface area (Å²) in [7, 11) is 0. The van der Waals surface area contributed by atoms with E-state index in [2.05, 4.69) is 21.3 Å². The minimum atomic E-state index is -1.52. The van der Waals surface area contributed by atoms with Crippen LogP contribution in [0.15, 0.2) is 30.3 Å². The van der Waals surface area contributed by atoms with Gasteiger partial charge in [0, 0.05) is 6.42 Å². The Balaban J connectivity index is 3.10. The van der Waals surface area contributed by atoms with Crippen LogP contribution in [0.1, 0.15) is 45.6 Å². The van der Waals surface area contributed by atoms with Gasteiger partial charge in [-0.3, -0.25) is 19.2 Å². The molecule has 0 fully saturated rings. The van der Waals surface area contributed by atoms with E-state index in [1.165, 1.54) is 6.92 Å². The van der Waals surface area contributed by atoms with Crippen LogP contribution >= 0.6 is 0 Å². The highest BCUT2D eigenvalue weighted by atomic mass is 16.4. The predicted molar refractivity (Wildman–Crippen MR) is 152 cm³/mol. The first-order valence-corrected chi connectivity index (χ1v) is 13.6. The van der Waals surface area contributed by atoms with Crippen molar-refractivity contribution in [2.45, 2.75) is 82.8 Å². The van der Waals surface area contributed by atoms with E-state index in [9.17, 15) is 34.2 Å². The second kappa shape index (κ2) is 18.0. The maximum atomic E-state index is 13.3. The van der Waals surface area contributed by atoms with Crippen LogP contribution in [0, 0.1) is 5.92 Å². The van der Waals surface area contributed by atoms with Crippen LogP contribution in [0.4, 0.5) is 0 Å². The summed E-state index contributed by atoms with van der Waals surface area (Å²) in [6.45, 7) is 5.03. The molecule has 0 saturated carbocycles. The van der Waals surface area contributed by atoms with Gasteiger partial charge in [-0.05, 0) is 50.8 Å². The average Bonchev–Trinajstić information content (AvgIpc) is 2.90. The molecule has 14 heteroatoms. The molecule has 14 nitrogen and oxygen atoms in total. The maximum absolute atomic E-state index is 13.3. The molecule has 6 atom stereocenters. The van der Waals surface area contributed by atoms with Gasteiger partial charge in [-0.15, -0.1) is 0 Å². The van der Waals surface area contributed by atoms with E-state index in [0.29, 0.717) is 5.56 Å². The average molecular weight is 580 g/mol. The van der Waals surface area contributed by atoms with Crippen molar-refractivity contribution in [1.82, 2.24) is 21.3 Å². The van der Waals surface area contributed by atoms with Gasteiger partial charge >= 0.3 is 5.97 Å². The summed E-state index contributed by atoms with van der Waals surface area (Å²) in [4.78, 5) is 63.5. The number of benzene rings is 1. The Kier molecular flexibility index (Phi) is 15.5. The molecule has 1 rings (SSSR count). The Bertz CT molecular complexity index is 1010. The number of carbonyl (C=O) groups is 5. The molecule has 0 saturated heterocycles. The summed E-state index contributed by atoms with van der Waals surface area (Å²) in [6.07, 6.45) is -1.01. The summed E-state index contributed by atoms with van der Waals surface area (Å²) in [5.41, 5.74) is 17.7. The summed E-state index contributed by atoms with van der Waals surface area (Å²) < 4.78 is 0. The zero-order chi connectivity index (χ0) is 31.1. The van der Waals surface area contributed by atoms with E-state index in [-0.39, 0.29) is 44.7 Å². The standard InChI is InChI=1S/C27H45N7O7/c1-15(2)13-21(27(40)41)33-24(37)19(10-12-29)31-26(39)22(16(3)35)34-25(38)20(14-17-7-5-4-6-8-17)32-23(36)18(30)9-11-28/h4-8,15-16,18-22,35H,9-14,28-30H2,1-3H3,(H,31,39)(H,32,36)(H,33,37)(H,34,38)(H,40,41)/t16-,18+,19+,20-,21+,22+/m1/s1. The minimum Gasteiger partial charge on any atom is -0.480 e. The van der Waals surface area contributed by atoms with Crippen molar-refractivity contribution in [3.8, 4) is 0 Å². The second-order valence-electron chi connectivity index (χ2n) is 10.3. The molecule has 0 radical (unpaired) electrons. The summed E-state index contributed by atoms with van der Waals surface area (Å²) in [5, 5.41) is 29.7. The number of nitrogens with two attached hydrogens (primary N) is 3. The van der Waals surface area contributed by atoms with Crippen molar-refractivity contribution in [2.24, 2.45) is 23.1 Å². The number of hydrogen-bond acceptors (Lipinski definition) is 9. The third-order valence-corrected chi connectivity index (χ3v) is 6.20. The molecule has 0 spiro atoms. The van der Waals surface area contributed by atoms with Crippen molar-refractivity contribution in [3.63, 3.8) is 0 Å². The lowest BCUT2D eigenvalue weighted by atomic mass is 10.0. The molecule has 1 aromatic carbocycles. The molecule has 0 aromatic heterocycles. The molecule has 0 aliphatic heterocycles. The molecule has 0 heterocycles. The van der Waals surface area contributed by atoms with Crippen LogP contribution < -0.4 is 38.5 Å². The molecular weight excluding hydrogens is 534 g/mol. The number of amides is 4. The SMILES string of the molecule is CC(C)C[C@H](NC(=O)[C@H](CCN)NC(=O)[C@@H](NC(=O)[C@@H](Cc1ccccc1)NC(=O)[C@@H](N)CCN)[C@@H](C)O)C(=O)O. The van der Waals surface area contributed by atoms with Gasteiger partial charge in [0.25, 0.3) is 0 Å². The Morgan fingerprint density at radius 3 is 1.80 bits per heavy atom. The van der Waals surface area contributed by atoms with Gasteiger partial charge in [0.1, 0.15) is 24.2 Å². The van der Waals surface area contributed by atoms with E-state index in [4.69, 9.17) is 17.2 Å². The molecule has 12 N–H and O–H groups in total. The van der Waals surface area contributed by atoms with Crippen molar-refractivity contribution in [1.29, 1.82) is 0 Å². The smallest absolute Gasteiger partial charge is 0.326 e. The maximum Gasteiger partial charge on any atom is 0.326 e. The Labute approximate surface area is 240 Å². The molecule has 4 amide bonds. The van der Waals surface area contributed by atoms with Gasteiger partial charge in [0.15, 0.2) is 0 Å². The number of carbonyl (C=O) groups excluding carboxylic acids is 4. The Morgan fingerprint density at radius 1 is 0.756 bits per heavy atom. The van der Waals surface area contributed by atoms with Crippen LogP contribution in [0.2, 0.25) is 0 Å². The van der Waals surface area contributed by atoms with Crippen LogP contribution in [0.5, 0.6) is 0 Å². The Hall–Kier alpha value is -3.59. The fourth-order valence-electron chi connectivity index (χ4n) is 3.97. The van der Waals surface area contributed by atoms with E-state index >= 15 is 0 Å². The number of aliphatic carboxylic acids is 1. The molecule has 0 unspecified atom stereocenters. The number of nitrogens with one attached hydrogen (secondary N) is 4. The van der Waals surface area contributed by atoms with E-state index in [0.717, 1.165) is 0 Å². The first kappa shape index (κ1) is 35.4. The predicted octanol–water partition coefficient (Wildman–Crippen LogP) is -2.30. The van der Waals surface area contributed by atoms with Gasteiger partial charge in [-0.25, -0.2) is 4.79 Å². The zero-order valence-corrected chi connectivity index (χ0v) is 23.8. The molecule has 0 bridgehead atoms. The third kappa shape index (κ3) is 12.6. The monoisotopic (exact) mass is 579 g/mol. The van der Waals surface area contributed by atoms with Crippen molar-refractivity contribution >= 4 is 29.6 Å². The highest BCUT2D eigenvalue weighted by Gasteiger charge is 2.33. The summed E-state index contributed by atoms with van der Waals surface area (Å²) in [6, 6.07) is 2.78. The van der Waals surface area contributed by atoms with Crippen LogP contribution in [0.25, 0.3) is 0 Å². The molecule has 230 valence electrons. The topological polar surface area (TPSA) is 252 Å². The highest BCUT2D eigenvalue weighted by molar-refractivity contribution is 5.95. The first-order valence-electron chi connectivity index (χ1n) is 13.6. The van der Waals surface area contributed by atoms with E-state index < -0.39 is 65.9 Å². The normalized spacial score (nSPS) is 15.5. The highest BCUT2D eigenvalue weighted by Crippen LogP contribution is 2.08. The number of aliphatic hydroxyl groups excluding tert-OH is 1. The van der Waals surface area contributed by atoms with Crippen LogP contribution in [-0.2, 0) is 30.4 Å². The number of aliphatic hydroxyl groups is 1. The lowest BCUT2D eigenvalue weighted by molar-refractivity contribution is -0.143. The first-order chi connectivity index (χ1) is 19.3. The Morgan fingerprint density at radius 2 is 1.29 bits per heavy atom. The summed E-state index contributed by atoms with van der Waals surface area (Å²) in [5.74, 6) is -4.30. The molecule has 0 aliphatic rings. The molecular formula is C27H45N7O7. The van der Waals surface area contributed by atoms with Gasteiger partial charge in [0.2, 0.25) is 23.6 Å². The number of hydrogen-bond donors (Lipinski definition) is 9.